The van der Waals surface area contributed by atoms with Crippen molar-refractivity contribution in [3.63, 3.8) is 0 Å². The number of nitrogens with zero attached hydrogens (tertiary/aromatic N) is 1. The number of carbonyl (C=O) groups is 2. The minimum Gasteiger partial charge on any atom is -0.487 e. The summed E-state index contributed by atoms with van der Waals surface area (Å²) in [6.45, 7) is 10.0. The van der Waals surface area contributed by atoms with Gasteiger partial charge in [-0.05, 0) is 45.4 Å². The molecule has 1 unspecified atom stereocenters. The summed E-state index contributed by atoms with van der Waals surface area (Å²) in [5.41, 5.74) is 0.533. The molecule has 132 valence electrons. The van der Waals surface area contributed by atoms with Crippen LogP contribution < -0.4 is 10.1 Å². The lowest BCUT2D eigenvalue weighted by Gasteiger charge is -2.39. The lowest BCUT2D eigenvalue weighted by atomic mass is 10.1. The summed E-state index contributed by atoms with van der Waals surface area (Å²) in [7, 11) is 0. The first-order valence-corrected chi connectivity index (χ1v) is 8.15. The van der Waals surface area contributed by atoms with Gasteiger partial charge in [0.2, 0.25) is 5.91 Å². The van der Waals surface area contributed by atoms with Gasteiger partial charge >= 0.3 is 6.09 Å². The largest absolute Gasteiger partial charge is 0.487 e. The molecule has 1 saturated heterocycles. The Balaban J connectivity index is 1.80. The highest BCUT2D eigenvalue weighted by Crippen LogP contribution is 2.22. The Morgan fingerprint density at radius 2 is 1.79 bits per heavy atom. The van der Waals surface area contributed by atoms with Crippen molar-refractivity contribution in [1.29, 1.82) is 0 Å². The van der Waals surface area contributed by atoms with E-state index < -0.39 is 5.60 Å². The van der Waals surface area contributed by atoms with E-state index in [0.29, 0.717) is 13.1 Å². The third-order valence-electron chi connectivity index (χ3n) is 3.60. The number of benzene rings is 1. The molecule has 1 aromatic carbocycles. The Morgan fingerprint density at radius 1 is 1.21 bits per heavy atom. The lowest BCUT2D eigenvalue weighted by Crippen LogP contribution is -2.57. The highest BCUT2D eigenvalue weighted by Gasteiger charge is 2.35. The highest BCUT2D eigenvalue weighted by atomic mass is 16.6. The van der Waals surface area contributed by atoms with Crippen molar-refractivity contribution in [2.75, 3.05) is 13.1 Å². The van der Waals surface area contributed by atoms with Crippen molar-refractivity contribution in [1.82, 2.24) is 10.2 Å². The topological polar surface area (TPSA) is 67.9 Å². The molecule has 1 atom stereocenters. The summed E-state index contributed by atoms with van der Waals surface area (Å²) in [6.07, 6.45) is -0.321. The number of carbonyl (C=O) groups excluding carboxylic acids is 2. The summed E-state index contributed by atoms with van der Waals surface area (Å²) in [5.74, 6) is 0.696. The summed E-state index contributed by atoms with van der Waals surface area (Å²) < 4.78 is 11.2. The Kier molecular flexibility index (Phi) is 5.36. The van der Waals surface area contributed by atoms with Crippen LogP contribution in [0.15, 0.2) is 24.3 Å². The summed E-state index contributed by atoms with van der Waals surface area (Å²) >= 11 is 0. The zero-order valence-electron chi connectivity index (χ0n) is 15.0. The second-order valence-electron chi connectivity index (χ2n) is 7.12. The average molecular weight is 334 g/mol. The maximum atomic E-state index is 11.9. The number of rotatable bonds is 4. The van der Waals surface area contributed by atoms with Gasteiger partial charge in [-0.15, -0.1) is 0 Å². The molecule has 0 spiro atoms. The maximum absolute atomic E-state index is 11.9. The van der Waals surface area contributed by atoms with Gasteiger partial charge in [-0.1, -0.05) is 12.1 Å². The molecule has 0 aromatic heterocycles. The van der Waals surface area contributed by atoms with E-state index in [1.165, 1.54) is 6.92 Å². The van der Waals surface area contributed by atoms with Gasteiger partial charge in [0.25, 0.3) is 0 Å². The minimum atomic E-state index is -0.483. The number of amides is 2. The molecule has 0 saturated carbocycles. The number of ether oxygens (including phenoxy) is 2. The van der Waals surface area contributed by atoms with E-state index in [-0.39, 0.29) is 24.1 Å². The standard InChI is InChI=1S/C18H26N2O4/c1-12(19-13(2)21)14-6-8-15(9-7-14)23-16-10-20(11-16)17(22)24-18(3,4)5/h6-9,12,16H,10-11H2,1-5H3,(H,19,21). The van der Waals surface area contributed by atoms with Crippen LogP contribution in [-0.4, -0.2) is 41.7 Å². The Morgan fingerprint density at radius 3 is 2.29 bits per heavy atom. The van der Waals surface area contributed by atoms with Gasteiger partial charge in [-0.25, -0.2) is 4.79 Å². The molecular weight excluding hydrogens is 308 g/mol. The Bertz CT molecular complexity index is 586. The van der Waals surface area contributed by atoms with Crippen molar-refractivity contribution in [3.05, 3.63) is 29.8 Å². The third kappa shape index (κ3) is 5.15. The Labute approximate surface area is 143 Å². The zero-order chi connectivity index (χ0) is 17.9. The van der Waals surface area contributed by atoms with Crippen molar-refractivity contribution in [2.24, 2.45) is 0 Å². The number of nitrogens with one attached hydrogen (secondary N) is 1. The first-order valence-electron chi connectivity index (χ1n) is 8.15. The van der Waals surface area contributed by atoms with Crippen LogP contribution in [-0.2, 0) is 9.53 Å². The highest BCUT2D eigenvalue weighted by molar-refractivity contribution is 5.73. The number of hydrogen-bond donors (Lipinski definition) is 1. The van der Waals surface area contributed by atoms with Crippen LogP contribution in [0.25, 0.3) is 0 Å². The average Bonchev–Trinajstić information content (AvgIpc) is 2.40. The van der Waals surface area contributed by atoms with E-state index in [2.05, 4.69) is 5.32 Å². The summed E-state index contributed by atoms with van der Waals surface area (Å²) in [5, 5.41) is 2.84. The molecule has 0 bridgehead atoms. The van der Waals surface area contributed by atoms with Gasteiger partial charge < -0.3 is 19.7 Å². The number of hydrogen-bond acceptors (Lipinski definition) is 4. The summed E-state index contributed by atoms with van der Waals surface area (Å²) in [6, 6.07) is 7.58. The fourth-order valence-corrected chi connectivity index (χ4v) is 2.40. The first kappa shape index (κ1) is 18.1. The molecular formula is C18H26N2O4. The second-order valence-corrected chi connectivity index (χ2v) is 7.12. The normalized spacial score (nSPS) is 16.1. The van der Waals surface area contributed by atoms with E-state index >= 15 is 0 Å². The minimum absolute atomic E-state index is 0.0175. The van der Waals surface area contributed by atoms with Gasteiger partial charge in [0, 0.05) is 6.92 Å². The zero-order valence-corrected chi connectivity index (χ0v) is 15.0. The van der Waals surface area contributed by atoms with E-state index in [9.17, 15) is 9.59 Å². The molecule has 0 aliphatic carbocycles. The van der Waals surface area contributed by atoms with Crippen LogP contribution in [0.3, 0.4) is 0 Å². The van der Waals surface area contributed by atoms with Crippen molar-refractivity contribution in [3.8, 4) is 5.75 Å². The Hall–Kier alpha value is -2.24. The van der Waals surface area contributed by atoms with Crippen LogP contribution in [0, 0.1) is 0 Å². The molecule has 24 heavy (non-hydrogen) atoms. The predicted octanol–water partition coefficient (Wildman–Crippen LogP) is 2.88. The third-order valence-corrected chi connectivity index (χ3v) is 3.60. The molecule has 1 aliphatic rings. The van der Waals surface area contributed by atoms with Gasteiger partial charge in [-0.3, -0.25) is 4.79 Å². The SMILES string of the molecule is CC(=O)NC(C)c1ccc(OC2CN(C(=O)OC(C)(C)C)C2)cc1. The van der Waals surface area contributed by atoms with E-state index in [0.717, 1.165) is 11.3 Å². The molecule has 2 amide bonds. The van der Waals surface area contributed by atoms with Gasteiger partial charge in [0.15, 0.2) is 0 Å². The molecule has 2 rings (SSSR count). The van der Waals surface area contributed by atoms with E-state index in [1.807, 2.05) is 52.0 Å². The van der Waals surface area contributed by atoms with Gasteiger partial charge in [-0.2, -0.15) is 0 Å². The van der Waals surface area contributed by atoms with E-state index in [4.69, 9.17) is 9.47 Å². The fraction of sp³-hybridized carbons (Fsp3) is 0.556. The van der Waals surface area contributed by atoms with Crippen LogP contribution in [0.5, 0.6) is 5.75 Å². The smallest absolute Gasteiger partial charge is 0.410 e. The molecule has 1 N–H and O–H groups in total. The van der Waals surface area contributed by atoms with E-state index in [1.54, 1.807) is 4.90 Å². The van der Waals surface area contributed by atoms with Crippen molar-refractivity contribution < 1.29 is 19.1 Å². The van der Waals surface area contributed by atoms with Crippen molar-refractivity contribution in [2.45, 2.75) is 52.4 Å². The molecule has 1 aromatic rings. The van der Waals surface area contributed by atoms with Crippen LogP contribution in [0.1, 0.15) is 46.2 Å². The summed E-state index contributed by atoms with van der Waals surface area (Å²) in [4.78, 5) is 24.6. The first-order chi connectivity index (χ1) is 11.1. The quantitative estimate of drug-likeness (QED) is 0.919. The lowest BCUT2D eigenvalue weighted by molar-refractivity contribution is -0.119. The molecule has 1 fully saturated rings. The fourth-order valence-electron chi connectivity index (χ4n) is 2.40. The molecule has 0 radical (unpaired) electrons. The molecule has 6 heteroatoms. The second kappa shape index (κ2) is 7.11. The predicted molar refractivity (Wildman–Crippen MR) is 90.9 cm³/mol. The monoisotopic (exact) mass is 334 g/mol. The maximum Gasteiger partial charge on any atom is 0.410 e. The van der Waals surface area contributed by atoms with Crippen molar-refractivity contribution >= 4 is 12.0 Å². The van der Waals surface area contributed by atoms with Crippen LogP contribution in [0.4, 0.5) is 4.79 Å². The molecule has 6 nitrogen and oxygen atoms in total. The molecule has 1 heterocycles. The number of likely N-dealkylation sites (tertiary alicyclic amines) is 1. The van der Waals surface area contributed by atoms with Crippen LogP contribution in [0.2, 0.25) is 0 Å². The van der Waals surface area contributed by atoms with Gasteiger partial charge in [0.1, 0.15) is 17.5 Å². The van der Waals surface area contributed by atoms with Gasteiger partial charge in [0.05, 0.1) is 19.1 Å². The van der Waals surface area contributed by atoms with Crippen LogP contribution >= 0.6 is 0 Å². The molecule has 1 aliphatic heterocycles.